The predicted molar refractivity (Wildman–Crippen MR) is 91.9 cm³/mol. The fourth-order valence-corrected chi connectivity index (χ4v) is 2.12. The van der Waals surface area contributed by atoms with Crippen molar-refractivity contribution in [1.82, 2.24) is 10.2 Å². The Kier molecular flexibility index (Phi) is 8.18. The molecule has 0 radical (unpaired) electrons. The van der Waals surface area contributed by atoms with Crippen LogP contribution in [-0.4, -0.2) is 45.2 Å². The van der Waals surface area contributed by atoms with Gasteiger partial charge >= 0.3 is 0 Å². The summed E-state index contributed by atoms with van der Waals surface area (Å²) < 4.78 is 10.6. The molecule has 0 fully saturated rings. The third-order valence-electron chi connectivity index (χ3n) is 3.40. The van der Waals surface area contributed by atoms with Crippen LogP contribution in [0.5, 0.6) is 11.5 Å². The van der Waals surface area contributed by atoms with Crippen LogP contribution in [0.1, 0.15) is 32.3 Å². The van der Waals surface area contributed by atoms with Crippen LogP contribution in [0.4, 0.5) is 0 Å². The summed E-state index contributed by atoms with van der Waals surface area (Å²) in [5, 5.41) is 3.33. The number of nitrogens with zero attached hydrogens (tertiary/aromatic N) is 2. The first-order valence-electron chi connectivity index (χ1n) is 7.86. The summed E-state index contributed by atoms with van der Waals surface area (Å²) in [6.07, 6.45) is 2.34. The van der Waals surface area contributed by atoms with E-state index in [9.17, 15) is 0 Å². The SMILES string of the molecule is CCCCN(C)C(=NCc1ccc(OC)c(OC)c1)NCC. The molecule has 0 heterocycles. The Balaban J connectivity index is 2.81. The maximum absolute atomic E-state index is 5.33. The molecule has 1 rings (SSSR count). The molecule has 0 aliphatic rings. The van der Waals surface area contributed by atoms with Crippen LogP contribution in [0, 0.1) is 0 Å². The molecule has 0 amide bonds. The largest absolute Gasteiger partial charge is 0.493 e. The molecule has 5 heteroatoms. The molecular weight excluding hydrogens is 278 g/mol. The fraction of sp³-hybridized carbons (Fsp3) is 0.588. The summed E-state index contributed by atoms with van der Waals surface area (Å²) >= 11 is 0. The number of hydrogen-bond acceptors (Lipinski definition) is 3. The maximum Gasteiger partial charge on any atom is 0.193 e. The lowest BCUT2D eigenvalue weighted by atomic mass is 10.2. The monoisotopic (exact) mass is 307 g/mol. The second-order valence-corrected chi connectivity index (χ2v) is 5.13. The number of rotatable bonds is 8. The molecule has 0 atom stereocenters. The van der Waals surface area contributed by atoms with Crippen LogP contribution < -0.4 is 14.8 Å². The van der Waals surface area contributed by atoms with E-state index in [2.05, 4.69) is 31.1 Å². The molecule has 0 aliphatic heterocycles. The second-order valence-electron chi connectivity index (χ2n) is 5.13. The maximum atomic E-state index is 5.33. The molecule has 0 aromatic heterocycles. The van der Waals surface area contributed by atoms with Crippen molar-refractivity contribution in [2.24, 2.45) is 4.99 Å². The Labute approximate surface area is 134 Å². The Hall–Kier alpha value is -1.91. The number of benzene rings is 1. The van der Waals surface area contributed by atoms with E-state index in [4.69, 9.17) is 14.5 Å². The van der Waals surface area contributed by atoms with Crippen molar-refractivity contribution in [3.8, 4) is 11.5 Å². The number of nitrogens with one attached hydrogen (secondary N) is 1. The molecule has 0 bridgehead atoms. The van der Waals surface area contributed by atoms with Gasteiger partial charge in [0.05, 0.1) is 20.8 Å². The molecule has 124 valence electrons. The minimum atomic E-state index is 0.610. The lowest BCUT2D eigenvalue weighted by molar-refractivity contribution is 0.354. The first kappa shape index (κ1) is 18.1. The Morgan fingerprint density at radius 1 is 1.18 bits per heavy atom. The van der Waals surface area contributed by atoms with Crippen LogP contribution in [0.3, 0.4) is 0 Å². The van der Waals surface area contributed by atoms with Crippen LogP contribution in [0.15, 0.2) is 23.2 Å². The van der Waals surface area contributed by atoms with Crippen molar-refractivity contribution < 1.29 is 9.47 Å². The lowest BCUT2D eigenvalue weighted by Crippen LogP contribution is -2.39. The molecular formula is C17H29N3O2. The van der Waals surface area contributed by atoms with Gasteiger partial charge in [-0.05, 0) is 31.0 Å². The molecule has 0 spiro atoms. The van der Waals surface area contributed by atoms with Crippen molar-refractivity contribution in [1.29, 1.82) is 0 Å². The quantitative estimate of drug-likeness (QED) is 0.592. The normalized spacial score (nSPS) is 11.2. The van der Waals surface area contributed by atoms with Crippen molar-refractivity contribution in [3.05, 3.63) is 23.8 Å². The van der Waals surface area contributed by atoms with Gasteiger partial charge in [-0.1, -0.05) is 19.4 Å². The highest BCUT2D eigenvalue weighted by molar-refractivity contribution is 5.79. The molecule has 0 aliphatic carbocycles. The molecule has 1 N–H and O–H groups in total. The van der Waals surface area contributed by atoms with Crippen LogP contribution in [-0.2, 0) is 6.54 Å². The zero-order chi connectivity index (χ0) is 16.4. The van der Waals surface area contributed by atoms with Gasteiger partial charge in [-0.15, -0.1) is 0 Å². The third kappa shape index (κ3) is 5.47. The molecule has 5 nitrogen and oxygen atoms in total. The first-order valence-corrected chi connectivity index (χ1v) is 7.86. The molecule has 1 aromatic carbocycles. The summed E-state index contributed by atoms with van der Waals surface area (Å²) in [4.78, 5) is 6.88. The average Bonchev–Trinajstić information content (AvgIpc) is 2.55. The predicted octanol–water partition coefficient (Wildman–Crippen LogP) is 2.90. The fourth-order valence-electron chi connectivity index (χ4n) is 2.12. The zero-order valence-corrected chi connectivity index (χ0v) is 14.5. The Morgan fingerprint density at radius 3 is 2.50 bits per heavy atom. The summed E-state index contributed by atoms with van der Waals surface area (Å²) in [5.74, 6) is 2.41. The van der Waals surface area contributed by atoms with E-state index < -0.39 is 0 Å². The average molecular weight is 307 g/mol. The van der Waals surface area contributed by atoms with E-state index in [0.717, 1.165) is 42.5 Å². The lowest BCUT2D eigenvalue weighted by Gasteiger charge is -2.21. The molecule has 0 unspecified atom stereocenters. The Morgan fingerprint density at radius 2 is 1.91 bits per heavy atom. The van der Waals surface area contributed by atoms with Gasteiger partial charge in [0, 0.05) is 20.1 Å². The molecule has 0 saturated heterocycles. The minimum absolute atomic E-state index is 0.610. The first-order chi connectivity index (χ1) is 10.7. The van der Waals surface area contributed by atoms with Crippen LogP contribution in [0.2, 0.25) is 0 Å². The van der Waals surface area contributed by atoms with E-state index in [1.54, 1.807) is 14.2 Å². The summed E-state index contributed by atoms with van der Waals surface area (Å²) in [6.45, 7) is 6.76. The summed E-state index contributed by atoms with van der Waals surface area (Å²) in [6, 6.07) is 5.90. The highest BCUT2D eigenvalue weighted by Crippen LogP contribution is 2.27. The van der Waals surface area contributed by atoms with Crippen molar-refractivity contribution in [2.75, 3.05) is 34.4 Å². The van der Waals surface area contributed by atoms with Crippen molar-refractivity contribution in [2.45, 2.75) is 33.2 Å². The third-order valence-corrected chi connectivity index (χ3v) is 3.40. The summed E-state index contributed by atoms with van der Waals surface area (Å²) in [7, 11) is 5.36. The number of ether oxygens (including phenoxy) is 2. The minimum Gasteiger partial charge on any atom is -0.493 e. The highest BCUT2D eigenvalue weighted by atomic mass is 16.5. The van der Waals surface area contributed by atoms with Gasteiger partial charge in [0.25, 0.3) is 0 Å². The van der Waals surface area contributed by atoms with Crippen LogP contribution >= 0.6 is 0 Å². The number of hydrogen-bond donors (Lipinski definition) is 1. The number of unbranched alkanes of at least 4 members (excludes halogenated alkanes) is 1. The topological polar surface area (TPSA) is 46.1 Å². The second kappa shape index (κ2) is 9.92. The van der Waals surface area contributed by atoms with Gasteiger partial charge in [-0.2, -0.15) is 0 Å². The molecule has 0 saturated carbocycles. The number of aliphatic imine (C=N–C) groups is 1. The number of guanidine groups is 1. The standard InChI is InChI=1S/C17H29N3O2/c1-6-8-11-20(3)17(18-7-2)19-13-14-9-10-15(21-4)16(12-14)22-5/h9-10,12H,6-8,11,13H2,1-5H3,(H,18,19). The van der Waals surface area contributed by atoms with Gasteiger partial charge in [0.2, 0.25) is 0 Å². The Bertz CT molecular complexity index is 475. The van der Waals surface area contributed by atoms with Crippen LogP contribution in [0.25, 0.3) is 0 Å². The van der Waals surface area contributed by atoms with Crippen molar-refractivity contribution in [3.63, 3.8) is 0 Å². The zero-order valence-electron chi connectivity index (χ0n) is 14.5. The molecule has 1 aromatic rings. The van der Waals surface area contributed by atoms with E-state index in [1.165, 1.54) is 6.42 Å². The van der Waals surface area contributed by atoms with E-state index in [1.807, 2.05) is 18.2 Å². The smallest absolute Gasteiger partial charge is 0.193 e. The van der Waals surface area contributed by atoms with Gasteiger partial charge in [0.1, 0.15) is 0 Å². The van der Waals surface area contributed by atoms with Gasteiger partial charge in [-0.3, -0.25) is 0 Å². The summed E-state index contributed by atoms with van der Waals surface area (Å²) in [5.41, 5.74) is 1.09. The van der Waals surface area contributed by atoms with Gasteiger partial charge < -0.3 is 19.7 Å². The van der Waals surface area contributed by atoms with Gasteiger partial charge in [0.15, 0.2) is 17.5 Å². The van der Waals surface area contributed by atoms with E-state index in [0.29, 0.717) is 6.54 Å². The van der Waals surface area contributed by atoms with Crippen molar-refractivity contribution >= 4 is 5.96 Å². The number of methoxy groups -OCH3 is 2. The highest BCUT2D eigenvalue weighted by Gasteiger charge is 2.07. The van der Waals surface area contributed by atoms with E-state index >= 15 is 0 Å². The molecule has 22 heavy (non-hydrogen) atoms. The van der Waals surface area contributed by atoms with Gasteiger partial charge in [-0.25, -0.2) is 4.99 Å². The van der Waals surface area contributed by atoms with E-state index in [-0.39, 0.29) is 0 Å².